The summed E-state index contributed by atoms with van der Waals surface area (Å²) in [6.45, 7) is 2.23. The second kappa shape index (κ2) is 11.5. The smallest absolute Gasteiger partial charge is 0.153 e. The minimum absolute atomic E-state index is 0.103. The second-order valence-corrected chi connectivity index (χ2v) is 5.77. The average molecular weight is 314 g/mol. The van der Waals surface area contributed by atoms with Crippen molar-refractivity contribution in [2.45, 2.75) is 64.7 Å². The first-order valence-corrected chi connectivity index (χ1v) is 8.49. The van der Waals surface area contributed by atoms with E-state index in [0.717, 1.165) is 12.8 Å². The fraction of sp³-hybridized carbons (Fsp3) is 0.500. The predicted molar refractivity (Wildman–Crippen MR) is 93.0 cm³/mol. The maximum absolute atomic E-state index is 10.9. The van der Waals surface area contributed by atoms with Gasteiger partial charge < -0.3 is 5.11 Å². The van der Waals surface area contributed by atoms with E-state index in [4.69, 9.17) is 0 Å². The number of hydrogen-bond donors (Lipinski definition) is 1. The normalized spacial score (nSPS) is 9.96. The Morgan fingerprint density at radius 1 is 0.913 bits per heavy atom. The van der Waals surface area contributed by atoms with Gasteiger partial charge in [0, 0.05) is 12.0 Å². The van der Waals surface area contributed by atoms with Crippen molar-refractivity contribution in [2.24, 2.45) is 0 Å². The quantitative estimate of drug-likeness (QED) is 0.379. The maximum Gasteiger partial charge on any atom is 0.153 e. The molecule has 1 aromatic carbocycles. The molecule has 0 aliphatic heterocycles. The van der Waals surface area contributed by atoms with Crippen molar-refractivity contribution in [2.75, 3.05) is 0 Å². The molecule has 1 rings (SSSR count). The molecule has 0 aromatic heterocycles. The molecule has 0 aliphatic rings. The zero-order valence-electron chi connectivity index (χ0n) is 13.9. The molecule has 0 amide bonds. The summed E-state index contributed by atoms with van der Waals surface area (Å²) in [7, 11) is 0. The van der Waals surface area contributed by atoms with E-state index in [1.165, 1.54) is 57.1 Å². The summed E-state index contributed by atoms with van der Waals surface area (Å²) in [5.41, 5.74) is 0.795. The highest BCUT2D eigenvalue weighted by molar-refractivity contribution is 5.89. The molecule has 1 aromatic rings. The molecule has 3 heteroatoms. The van der Waals surface area contributed by atoms with Crippen molar-refractivity contribution in [1.82, 2.24) is 0 Å². The Morgan fingerprint density at radius 3 is 1.96 bits per heavy atom. The molecule has 0 aliphatic carbocycles. The molecular formula is C20H26O3. The largest absolute Gasteiger partial charge is 0.506 e. The van der Waals surface area contributed by atoms with Gasteiger partial charge in [-0.3, -0.25) is 9.59 Å². The number of unbranched alkanes of at least 4 members (excludes halogenated alkanes) is 8. The van der Waals surface area contributed by atoms with Gasteiger partial charge in [0.05, 0.1) is 11.1 Å². The van der Waals surface area contributed by atoms with Gasteiger partial charge in [-0.15, -0.1) is 0 Å². The van der Waals surface area contributed by atoms with Crippen molar-refractivity contribution < 1.29 is 14.7 Å². The van der Waals surface area contributed by atoms with E-state index >= 15 is 0 Å². The van der Waals surface area contributed by atoms with Crippen molar-refractivity contribution in [1.29, 1.82) is 0 Å². The Labute approximate surface area is 139 Å². The van der Waals surface area contributed by atoms with Gasteiger partial charge in [-0.1, -0.05) is 63.7 Å². The summed E-state index contributed by atoms with van der Waals surface area (Å²) in [5.74, 6) is 5.76. The van der Waals surface area contributed by atoms with E-state index in [1.807, 2.05) is 0 Å². The van der Waals surface area contributed by atoms with Crippen molar-refractivity contribution in [3.05, 3.63) is 28.8 Å². The molecule has 1 N–H and O–H groups in total. The number of aromatic hydroxyl groups is 1. The molecule has 0 unspecified atom stereocenters. The summed E-state index contributed by atoms with van der Waals surface area (Å²) in [6, 6.07) is 3.02. The lowest BCUT2D eigenvalue weighted by Gasteiger charge is -2.01. The van der Waals surface area contributed by atoms with Crippen molar-refractivity contribution in [3.63, 3.8) is 0 Å². The summed E-state index contributed by atoms with van der Waals surface area (Å²) < 4.78 is 0. The second-order valence-electron chi connectivity index (χ2n) is 5.77. The van der Waals surface area contributed by atoms with Crippen LogP contribution in [-0.2, 0) is 0 Å². The fourth-order valence-electron chi connectivity index (χ4n) is 2.44. The Kier molecular flexibility index (Phi) is 9.47. The number of phenolic OH excluding ortho intramolecular Hbond substituents is 1. The molecule has 0 heterocycles. The van der Waals surface area contributed by atoms with Crippen LogP contribution in [0, 0.1) is 11.8 Å². The van der Waals surface area contributed by atoms with E-state index < -0.39 is 0 Å². The summed E-state index contributed by atoms with van der Waals surface area (Å²) in [4.78, 5) is 21.7. The van der Waals surface area contributed by atoms with Gasteiger partial charge in [0.15, 0.2) is 12.6 Å². The van der Waals surface area contributed by atoms with Crippen LogP contribution in [0.4, 0.5) is 0 Å². The zero-order valence-corrected chi connectivity index (χ0v) is 13.9. The lowest BCUT2D eigenvalue weighted by Crippen LogP contribution is -1.91. The molecule has 3 nitrogen and oxygen atoms in total. The average Bonchev–Trinajstić information content (AvgIpc) is 2.57. The van der Waals surface area contributed by atoms with Gasteiger partial charge in [-0.25, -0.2) is 0 Å². The van der Waals surface area contributed by atoms with Crippen LogP contribution in [-0.4, -0.2) is 17.7 Å². The maximum atomic E-state index is 10.9. The van der Waals surface area contributed by atoms with Crippen LogP contribution in [0.2, 0.25) is 0 Å². The highest BCUT2D eigenvalue weighted by Gasteiger charge is 2.07. The van der Waals surface area contributed by atoms with Gasteiger partial charge in [0.25, 0.3) is 0 Å². The third-order valence-corrected chi connectivity index (χ3v) is 3.81. The molecule has 0 saturated carbocycles. The van der Waals surface area contributed by atoms with E-state index in [0.29, 0.717) is 18.1 Å². The first-order chi connectivity index (χ1) is 11.2. The third kappa shape index (κ3) is 7.15. The van der Waals surface area contributed by atoms with Gasteiger partial charge in [0.2, 0.25) is 0 Å². The molecule has 124 valence electrons. The highest BCUT2D eigenvalue weighted by Crippen LogP contribution is 2.21. The molecule has 0 bridgehead atoms. The van der Waals surface area contributed by atoms with Crippen LogP contribution in [0.25, 0.3) is 0 Å². The molecule has 0 radical (unpaired) electrons. The molecule has 0 saturated heterocycles. The third-order valence-electron chi connectivity index (χ3n) is 3.81. The zero-order chi connectivity index (χ0) is 16.9. The van der Waals surface area contributed by atoms with Crippen LogP contribution in [0.1, 0.15) is 91.0 Å². The van der Waals surface area contributed by atoms with E-state index in [9.17, 15) is 14.7 Å². The topological polar surface area (TPSA) is 54.4 Å². The minimum atomic E-state index is -0.274. The standard InChI is InChI=1S/C20H26O3/c1-2-3-4-5-6-7-8-9-10-11-12-17-13-18(15-21)20(23)19(14-17)16-22/h13-16,23H,2-10H2,1H3. The first-order valence-electron chi connectivity index (χ1n) is 8.49. The highest BCUT2D eigenvalue weighted by atomic mass is 16.3. The summed E-state index contributed by atoms with van der Waals surface area (Å²) in [5, 5.41) is 9.65. The lowest BCUT2D eigenvalue weighted by atomic mass is 10.0. The number of phenols is 1. The Morgan fingerprint density at radius 2 is 1.43 bits per heavy atom. The van der Waals surface area contributed by atoms with Crippen molar-refractivity contribution >= 4 is 12.6 Å². The summed E-state index contributed by atoms with van der Waals surface area (Å²) >= 11 is 0. The monoisotopic (exact) mass is 314 g/mol. The first kappa shape index (κ1) is 19.0. The Balaban J connectivity index is 2.36. The molecular weight excluding hydrogens is 288 g/mol. The van der Waals surface area contributed by atoms with Crippen LogP contribution in [0.15, 0.2) is 12.1 Å². The molecule has 0 spiro atoms. The number of carbonyl (C=O) groups excluding carboxylic acids is 2. The lowest BCUT2D eigenvalue weighted by molar-refractivity contribution is 0.112. The Hall–Kier alpha value is -2.08. The Bertz CT molecular complexity index is 535. The van der Waals surface area contributed by atoms with E-state index in [1.54, 1.807) is 0 Å². The van der Waals surface area contributed by atoms with Crippen LogP contribution >= 0.6 is 0 Å². The van der Waals surface area contributed by atoms with Crippen LogP contribution in [0.3, 0.4) is 0 Å². The number of aldehydes is 2. The van der Waals surface area contributed by atoms with Gasteiger partial charge in [0.1, 0.15) is 5.75 Å². The van der Waals surface area contributed by atoms with E-state index in [2.05, 4.69) is 18.8 Å². The predicted octanol–water partition coefficient (Wildman–Crippen LogP) is 4.90. The fourth-order valence-corrected chi connectivity index (χ4v) is 2.44. The number of hydrogen-bond acceptors (Lipinski definition) is 3. The van der Waals surface area contributed by atoms with E-state index in [-0.39, 0.29) is 16.9 Å². The number of carbonyl (C=O) groups is 2. The number of benzene rings is 1. The molecule has 0 fully saturated rings. The van der Waals surface area contributed by atoms with Gasteiger partial charge in [-0.2, -0.15) is 0 Å². The minimum Gasteiger partial charge on any atom is -0.506 e. The van der Waals surface area contributed by atoms with Crippen molar-refractivity contribution in [3.8, 4) is 17.6 Å². The van der Waals surface area contributed by atoms with Crippen LogP contribution < -0.4 is 0 Å². The van der Waals surface area contributed by atoms with Gasteiger partial charge >= 0.3 is 0 Å². The molecule has 0 atom stereocenters. The summed E-state index contributed by atoms with van der Waals surface area (Å²) in [6.07, 6.45) is 12.0. The molecule has 23 heavy (non-hydrogen) atoms. The van der Waals surface area contributed by atoms with Gasteiger partial charge in [-0.05, 0) is 18.6 Å². The SMILES string of the molecule is CCCCCCCCCCC#Cc1cc(C=O)c(O)c(C=O)c1. The van der Waals surface area contributed by atoms with Crippen LogP contribution in [0.5, 0.6) is 5.75 Å². The number of rotatable bonds is 10.